The monoisotopic (exact) mass is 459 g/mol. The van der Waals surface area contributed by atoms with E-state index in [2.05, 4.69) is 31.1 Å². The molecule has 0 aliphatic carbocycles. The lowest BCUT2D eigenvalue weighted by molar-refractivity contribution is -0.121. The van der Waals surface area contributed by atoms with Crippen molar-refractivity contribution in [2.75, 3.05) is 30.3 Å². The highest BCUT2D eigenvalue weighted by atomic mass is 16.2. The number of nitrogens with one attached hydrogen (secondary N) is 3. The summed E-state index contributed by atoms with van der Waals surface area (Å²) in [4.78, 5) is 42.2. The average molecular weight is 460 g/mol. The third kappa shape index (κ3) is 5.52. The molecule has 3 heterocycles. The Kier molecular flexibility index (Phi) is 7.07. The van der Waals surface area contributed by atoms with Gasteiger partial charge in [0.2, 0.25) is 5.91 Å². The number of carbonyl (C=O) groups is 3. The number of nitrogens with zero attached hydrogens (tertiary/aromatic N) is 4. The van der Waals surface area contributed by atoms with Crippen LogP contribution in [0, 0.1) is 6.92 Å². The highest BCUT2D eigenvalue weighted by molar-refractivity contribution is 6.21. The third-order valence-corrected chi connectivity index (χ3v) is 5.25. The van der Waals surface area contributed by atoms with Crippen LogP contribution in [-0.4, -0.2) is 57.4 Å². The van der Waals surface area contributed by atoms with Crippen molar-refractivity contribution in [3.8, 4) is 0 Å². The van der Waals surface area contributed by atoms with Crippen molar-refractivity contribution in [2.45, 2.75) is 19.8 Å². The normalized spacial score (nSPS) is 12.4. The molecule has 0 spiro atoms. The molecule has 0 saturated heterocycles. The molecule has 0 saturated carbocycles. The maximum Gasteiger partial charge on any atom is 0.261 e. The largest absolute Gasteiger partial charge is 0.367 e. The highest BCUT2D eigenvalue weighted by Crippen LogP contribution is 2.22. The first-order valence-electron chi connectivity index (χ1n) is 11.0. The van der Waals surface area contributed by atoms with Crippen molar-refractivity contribution in [3.05, 3.63) is 71.4 Å². The summed E-state index contributed by atoms with van der Waals surface area (Å²) in [6, 6.07) is 14.1. The maximum absolute atomic E-state index is 12.3. The molecular formula is C24H25N7O3. The van der Waals surface area contributed by atoms with E-state index < -0.39 is 0 Å². The van der Waals surface area contributed by atoms with Crippen molar-refractivity contribution in [1.29, 1.82) is 0 Å². The second kappa shape index (κ2) is 10.5. The van der Waals surface area contributed by atoms with Gasteiger partial charge in [-0.15, -0.1) is 10.2 Å². The van der Waals surface area contributed by atoms with E-state index in [0.29, 0.717) is 48.1 Å². The topological polar surface area (TPSA) is 129 Å². The molecule has 1 aliphatic rings. The van der Waals surface area contributed by atoms with E-state index in [0.717, 1.165) is 5.56 Å². The Balaban J connectivity index is 1.12. The first-order chi connectivity index (χ1) is 16.5. The molecule has 1 aliphatic heterocycles. The quantitative estimate of drug-likeness (QED) is 0.312. The second-order valence-corrected chi connectivity index (χ2v) is 7.84. The van der Waals surface area contributed by atoms with Crippen LogP contribution in [-0.2, 0) is 4.79 Å². The van der Waals surface area contributed by atoms with Crippen molar-refractivity contribution in [1.82, 2.24) is 25.4 Å². The first kappa shape index (κ1) is 22.8. The Morgan fingerprint density at radius 3 is 2.21 bits per heavy atom. The second-order valence-electron chi connectivity index (χ2n) is 7.84. The number of aromatic nitrogens is 3. The van der Waals surface area contributed by atoms with Crippen LogP contribution in [0.2, 0.25) is 0 Å². The van der Waals surface area contributed by atoms with Gasteiger partial charge in [0.25, 0.3) is 11.8 Å². The van der Waals surface area contributed by atoms with Gasteiger partial charge < -0.3 is 16.0 Å². The van der Waals surface area contributed by atoms with E-state index >= 15 is 0 Å². The Morgan fingerprint density at radius 2 is 1.56 bits per heavy atom. The van der Waals surface area contributed by atoms with Gasteiger partial charge in [0.15, 0.2) is 5.82 Å². The third-order valence-electron chi connectivity index (χ3n) is 5.25. The molecule has 3 N–H and O–H groups in total. The van der Waals surface area contributed by atoms with E-state index in [9.17, 15) is 14.4 Å². The zero-order valence-electron chi connectivity index (χ0n) is 18.7. The summed E-state index contributed by atoms with van der Waals surface area (Å²) < 4.78 is 0. The van der Waals surface area contributed by atoms with Crippen LogP contribution in [0.25, 0.3) is 0 Å². The molecule has 10 nitrogen and oxygen atoms in total. The molecule has 0 bridgehead atoms. The SMILES string of the molecule is Cc1ccc(Nc2ccc(NCCNC(=O)CCCN3C(=O)c4ccccc4C3=O)nn2)nc1. The van der Waals surface area contributed by atoms with E-state index in [1.165, 1.54) is 4.90 Å². The number of aryl methyl sites for hydroxylation is 1. The van der Waals surface area contributed by atoms with Crippen LogP contribution < -0.4 is 16.0 Å². The van der Waals surface area contributed by atoms with Crippen LogP contribution in [0.15, 0.2) is 54.7 Å². The number of fused-ring (bicyclic) bond motifs is 1. The van der Waals surface area contributed by atoms with Crippen LogP contribution in [0.5, 0.6) is 0 Å². The van der Waals surface area contributed by atoms with Gasteiger partial charge in [-0.1, -0.05) is 18.2 Å². The summed E-state index contributed by atoms with van der Waals surface area (Å²) in [5.41, 5.74) is 1.91. The fourth-order valence-electron chi connectivity index (χ4n) is 3.49. The van der Waals surface area contributed by atoms with Gasteiger partial charge in [0.1, 0.15) is 11.6 Å². The fourth-order valence-corrected chi connectivity index (χ4v) is 3.49. The number of carbonyl (C=O) groups excluding carboxylic acids is 3. The zero-order chi connectivity index (χ0) is 23.9. The molecular weight excluding hydrogens is 434 g/mol. The number of pyridine rings is 1. The molecule has 0 atom stereocenters. The van der Waals surface area contributed by atoms with Crippen molar-refractivity contribution in [2.24, 2.45) is 0 Å². The minimum Gasteiger partial charge on any atom is -0.367 e. The Bertz CT molecular complexity index is 1140. The predicted molar refractivity (Wildman–Crippen MR) is 127 cm³/mol. The summed E-state index contributed by atoms with van der Waals surface area (Å²) in [5.74, 6) is 1.10. The van der Waals surface area contributed by atoms with Gasteiger partial charge in [0.05, 0.1) is 11.1 Å². The highest BCUT2D eigenvalue weighted by Gasteiger charge is 2.34. The molecule has 3 aromatic rings. The van der Waals surface area contributed by atoms with Crippen LogP contribution in [0.4, 0.5) is 17.5 Å². The molecule has 0 radical (unpaired) electrons. The molecule has 0 fully saturated rings. The average Bonchev–Trinajstić information content (AvgIpc) is 3.09. The van der Waals surface area contributed by atoms with E-state index in [4.69, 9.17) is 0 Å². The summed E-state index contributed by atoms with van der Waals surface area (Å²) >= 11 is 0. The summed E-state index contributed by atoms with van der Waals surface area (Å²) in [6.07, 6.45) is 2.39. The van der Waals surface area contributed by atoms with Crippen LogP contribution in [0.3, 0.4) is 0 Å². The smallest absolute Gasteiger partial charge is 0.261 e. The Morgan fingerprint density at radius 1 is 0.882 bits per heavy atom. The zero-order valence-corrected chi connectivity index (χ0v) is 18.7. The van der Waals surface area contributed by atoms with Gasteiger partial charge in [-0.25, -0.2) is 4.98 Å². The molecule has 34 heavy (non-hydrogen) atoms. The molecule has 10 heteroatoms. The Hall–Kier alpha value is -4.34. The van der Waals surface area contributed by atoms with Gasteiger partial charge in [-0.05, 0) is 49.2 Å². The van der Waals surface area contributed by atoms with Crippen molar-refractivity contribution >= 4 is 35.2 Å². The molecule has 3 amide bonds. The molecule has 0 unspecified atom stereocenters. The van der Waals surface area contributed by atoms with Crippen LogP contribution in [0.1, 0.15) is 39.1 Å². The minimum absolute atomic E-state index is 0.144. The van der Waals surface area contributed by atoms with E-state index in [1.54, 1.807) is 42.6 Å². The summed E-state index contributed by atoms with van der Waals surface area (Å²) in [7, 11) is 0. The van der Waals surface area contributed by atoms with Crippen LogP contribution >= 0.6 is 0 Å². The minimum atomic E-state index is -0.303. The number of benzene rings is 1. The number of imide groups is 1. The summed E-state index contributed by atoms with van der Waals surface area (Å²) in [5, 5.41) is 17.2. The fraction of sp³-hybridized carbons (Fsp3) is 0.250. The number of amides is 3. The van der Waals surface area contributed by atoms with Crippen molar-refractivity contribution < 1.29 is 14.4 Å². The molecule has 174 valence electrons. The van der Waals surface area contributed by atoms with E-state index in [-0.39, 0.29) is 30.7 Å². The number of hydrogen-bond donors (Lipinski definition) is 3. The Labute approximate surface area is 196 Å². The molecule has 2 aromatic heterocycles. The molecule has 1 aromatic carbocycles. The first-order valence-corrected chi connectivity index (χ1v) is 11.0. The predicted octanol–water partition coefficient (Wildman–Crippen LogP) is 2.53. The van der Waals surface area contributed by atoms with Gasteiger partial charge in [0, 0.05) is 32.3 Å². The van der Waals surface area contributed by atoms with Gasteiger partial charge in [-0.3, -0.25) is 19.3 Å². The molecule has 4 rings (SSSR count). The number of anilines is 3. The lowest BCUT2D eigenvalue weighted by atomic mass is 10.1. The standard InChI is InChI=1S/C24H25N7O3/c1-16-8-9-19(27-15-16)28-21-11-10-20(29-30-21)25-12-13-26-22(32)7-4-14-31-23(33)17-5-2-3-6-18(17)24(31)34/h2-3,5-6,8-11,15H,4,7,12-14H2,1H3,(H,25,29)(H,26,32)(H,27,28,30). The van der Waals surface area contributed by atoms with Gasteiger partial charge in [-0.2, -0.15) is 0 Å². The maximum atomic E-state index is 12.3. The summed E-state index contributed by atoms with van der Waals surface area (Å²) in [6.45, 7) is 3.07. The number of rotatable bonds is 10. The van der Waals surface area contributed by atoms with Crippen molar-refractivity contribution in [3.63, 3.8) is 0 Å². The number of hydrogen-bond acceptors (Lipinski definition) is 8. The lowest BCUT2D eigenvalue weighted by Crippen LogP contribution is -2.33. The lowest BCUT2D eigenvalue weighted by Gasteiger charge is -2.13. The van der Waals surface area contributed by atoms with Gasteiger partial charge >= 0.3 is 0 Å². The van der Waals surface area contributed by atoms with E-state index in [1.807, 2.05) is 19.1 Å².